The van der Waals surface area contributed by atoms with Gasteiger partial charge in [-0.05, 0) is 33.1 Å². The Morgan fingerprint density at radius 3 is 2.56 bits per heavy atom. The van der Waals surface area contributed by atoms with E-state index < -0.39 is 17.4 Å². The van der Waals surface area contributed by atoms with Crippen LogP contribution in [-0.4, -0.2) is 58.2 Å². The van der Waals surface area contributed by atoms with Crippen molar-refractivity contribution in [3.63, 3.8) is 0 Å². The molecule has 3 atom stereocenters. The number of imide groups is 1. The first-order valence-corrected chi connectivity index (χ1v) is 9.04. The molecule has 0 N–H and O–H groups in total. The number of ether oxygens (including phenoxy) is 2. The highest BCUT2D eigenvalue weighted by Crippen LogP contribution is 2.47. The predicted molar refractivity (Wildman–Crippen MR) is 89.4 cm³/mol. The van der Waals surface area contributed by atoms with Crippen molar-refractivity contribution < 1.29 is 23.9 Å². The highest BCUT2D eigenvalue weighted by molar-refractivity contribution is 5.94. The van der Waals surface area contributed by atoms with Crippen LogP contribution >= 0.6 is 0 Å². The van der Waals surface area contributed by atoms with Gasteiger partial charge < -0.3 is 14.4 Å². The molecule has 7 heteroatoms. The minimum Gasteiger partial charge on any atom is -0.443 e. The Morgan fingerprint density at radius 2 is 1.96 bits per heavy atom. The van der Waals surface area contributed by atoms with Crippen molar-refractivity contribution in [2.45, 2.75) is 71.2 Å². The predicted octanol–water partition coefficient (Wildman–Crippen LogP) is 2.14. The van der Waals surface area contributed by atoms with E-state index in [-0.39, 0.29) is 42.7 Å². The van der Waals surface area contributed by atoms with Gasteiger partial charge in [0.25, 0.3) is 0 Å². The van der Waals surface area contributed by atoms with Gasteiger partial charge in [0, 0.05) is 18.9 Å². The number of rotatable bonds is 1. The van der Waals surface area contributed by atoms with E-state index in [1.807, 2.05) is 0 Å². The molecule has 140 valence electrons. The fourth-order valence-electron chi connectivity index (χ4n) is 4.14. The lowest BCUT2D eigenvalue weighted by molar-refractivity contribution is -0.194. The number of amides is 3. The molecule has 3 saturated heterocycles. The maximum atomic E-state index is 12.7. The lowest BCUT2D eigenvalue weighted by atomic mass is 9.79. The van der Waals surface area contributed by atoms with E-state index in [1.54, 1.807) is 25.7 Å². The summed E-state index contributed by atoms with van der Waals surface area (Å²) in [5.74, 6) is -0.110. The molecule has 0 unspecified atom stereocenters. The summed E-state index contributed by atoms with van der Waals surface area (Å²) in [7, 11) is 0. The van der Waals surface area contributed by atoms with Gasteiger partial charge in [0.1, 0.15) is 5.60 Å². The average Bonchev–Trinajstić information content (AvgIpc) is 2.85. The first kappa shape index (κ1) is 18.2. The molecular formula is C18H28N2O5. The normalized spacial score (nSPS) is 32.7. The molecule has 0 aromatic rings. The summed E-state index contributed by atoms with van der Waals surface area (Å²) in [6.07, 6.45) is 0.447. The Labute approximate surface area is 148 Å². The van der Waals surface area contributed by atoms with Gasteiger partial charge in [-0.3, -0.25) is 9.59 Å². The standard InChI is InChI=1S/C18H28N2O5/c1-11(2)13-10-24-18-8-15(22)19(16(23)25-17(3,4)5)9-12(18)6-7-14(21)20(13)18/h11-13H,6-10H2,1-5H3/t12-,13-,18-/m1/s1. The summed E-state index contributed by atoms with van der Waals surface area (Å²) >= 11 is 0. The first-order valence-electron chi connectivity index (χ1n) is 9.04. The summed E-state index contributed by atoms with van der Waals surface area (Å²) in [5, 5.41) is 0. The van der Waals surface area contributed by atoms with Crippen LogP contribution < -0.4 is 0 Å². The maximum Gasteiger partial charge on any atom is 0.417 e. The fraction of sp³-hybridized carbons (Fsp3) is 0.833. The Morgan fingerprint density at radius 1 is 1.28 bits per heavy atom. The largest absolute Gasteiger partial charge is 0.443 e. The van der Waals surface area contributed by atoms with Crippen molar-refractivity contribution in [3.05, 3.63) is 0 Å². The highest BCUT2D eigenvalue weighted by Gasteiger charge is 2.61. The molecule has 0 bridgehead atoms. The SMILES string of the molecule is CC(C)[C@H]1CO[C@]23CC(=O)N(C(=O)OC(C)(C)C)C[C@H]2CCC(=O)N13. The third-order valence-electron chi connectivity index (χ3n) is 5.35. The number of piperidine rings is 2. The first-order chi connectivity index (χ1) is 11.5. The molecule has 1 spiro atoms. The van der Waals surface area contributed by atoms with Gasteiger partial charge >= 0.3 is 6.09 Å². The van der Waals surface area contributed by atoms with Crippen LogP contribution in [0.15, 0.2) is 0 Å². The minimum atomic E-state index is -0.889. The molecule has 0 saturated carbocycles. The van der Waals surface area contributed by atoms with Crippen molar-refractivity contribution >= 4 is 17.9 Å². The third kappa shape index (κ3) is 3.03. The van der Waals surface area contributed by atoms with E-state index in [4.69, 9.17) is 9.47 Å². The van der Waals surface area contributed by atoms with Crippen LogP contribution in [0, 0.1) is 11.8 Å². The fourth-order valence-corrected chi connectivity index (χ4v) is 4.14. The number of hydrogen-bond donors (Lipinski definition) is 0. The number of likely N-dealkylation sites (tertiary alicyclic amines) is 1. The monoisotopic (exact) mass is 352 g/mol. The molecule has 3 rings (SSSR count). The molecule has 3 heterocycles. The summed E-state index contributed by atoms with van der Waals surface area (Å²) in [5.41, 5.74) is -1.55. The Hall–Kier alpha value is -1.63. The smallest absolute Gasteiger partial charge is 0.417 e. The van der Waals surface area contributed by atoms with Gasteiger partial charge in [-0.25, -0.2) is 9.69 Å². The lowest BCUT2D eigenvalue weighted by Gasteiger charge is -2.51. The van der Waals surface area contributed by atoms with Gasteiger partial charge in [0.05, 0.1) is 19.1 Å². The second-order valence-electron chi connectivity index (χ2n) is 8.63. The van der Waals surface area contributed by atoms with E-state index in [1.165, 1.54) is 4.90 Å². The molecule has 0 aliphatic carbocycles. The Balaban J connectivity index is 1.85. The summed E-state index contributed by atoms with van der Waals surface area (Å²) in [6, 6.07) is -0.0174. The molecule has 3 aliphatic rings. The van der Waals surface area contributed by atoms with E-state index in [9.17, 15) is 14.4 Å². The summed E-state index contributed by atoms with van der Waals surface area (Å²) in [6.45, 7) is 10.1. The van der Waals surface area contributed by atoms with Gasteiger partial charge in [0.15, 0.2) is 5.72 Å². The number of nitrogens with zero attached hydrogens (tertiary/aromatic N) is 2. The van der Waals surface area contributed by atoms with Gasteiger partial charge in [0.2, 0.25) is 11.8 Å². The number of hydrogen-bond acceptors (Lipinski definition) is 5. The topological polar surface area (TPSA) is 76.1 Å². The zero-order chi connectivity index (χ0) is 18.6. The van der Waals surface area contributed by atoms with E-state index in [0.29, 0.717) is 19.4 Å². The maximum absolute atomic E-state index is 12.7. The van der Waals surface area contributed by atoms with Crippen molar-refractivity contribution in [2.24, 2.45) is 11.8 Å². The van der Waals surface area contributed by atoms with Crippen LogP contribution in [0.1, 0.15) is 53.9 Å². The van der Waals surface area contributed by atoms with Crippen molar-refractivity contribution in [1.29, 1.82) is 0 Å². The Kier molecular flexibility index (Phi) is 4.34. The van der Waals surface area contributed by atoms with E-state index in [0.717, 1.165) is 0 Å². The second-order valence-corrected chi connectivity index (χ2v) is 8.63. The molecule has 3 amide bonds. The van der Waals surface area contributed by atoms with E-state index >= 15 is 0 Å². The molecule has 25 heavy (non-hydrogen) atoms. The van der Waals surface area contributed by atoms with Gasteiger partial charge in [-0.1, -0.05) is 13.8 Å². The molecule has 0 radical (unpaired) electrons. The highest BCUT2D eigenvalue weighted by atomic mass is 16.6. The molecule has 3 fully saturated rings. The quantitative estimate of drug-likeness (QED) is 0.723. The van der Waals surface area contributed by atoms with Crippen molar-refractivity contribution in [2.75, 3.05) is 13.2 Å². The molecule has 0 aromatic heterocycles. The average molecular weight is 352 g/mol. The number of carbonyl (C=O) groups excluding carboxylic acids is 3. The van der Waals surface area contributed by atoms with Crippen LogP contribution in [-0.2, 0) is 19.1 Å². The van der Waals surface area contributed by atoms with Gasteiger partial charge in [-0.15, -0.1) is 0 Å². The molecule has 0 aromatic carbocycles. The molecule has 3 aliphatic heterocycles. The van der Waals surface area contributed by atoms with Crippen LogP contribution in [0.2, 0.25) is 0 Å². The third-order valence-corrected chi connectivity index (χ3v) is 5.35. The van der Waals surface area contributed by atoms with Crippen LogP contribution in [0.3, 0.4) is 0 Å². The van der Waals surface area contributed by atoms with Gasteiger partial charge in [-0.2, -0.15) is 0 Å². The number of carbonyl (C=O) groups is 3. The summed E-state index contributed by atoms with van der Waals surface area (Å²) in [4.78, 5) is 40.7. The van der Waals surface area contributed by atoms with Crippen LogP contribution in [0.4, 0.5) is 4.79 Å². The molecule has 7 nitrogen and oxygen atoms in total. The van der Waals surface area contributed by atoms with Crippen LogP contribution in [0.5, 0.6) is 0 Å². The minimum absolute atomic E-state index is 0.0174. The summed E-state index contributed by atoms with van der Waals surface area (Å²) < 4.78 is 11.5. The zero-order valence-electron chi connectivity index (χ0n) is 15.7. The lowest BCUT2D eigenvalue weighted by Crippen LogP contribution is -2.67. The Bertz CT molecular complexity index is 597. The van der Waals surface area contributed by atoms with Crippen LogP contribution in [0.25, 0.3) is 0 Å². The second kappa shape index (κ2) is 5.97. The molecular weight excluding hydrogens is 324 g/mol. The van der Waals surface area contributed by atoms with E-state index in [2.05, 4.69) is 13.8 Å². The van der Waals surface area contributed by atoms with Crippen molar-refractivity contribution in [3.8, 4) is 0 Å². The zero-order valence-corrected chi connectivity index (χ0v) is 15.7. The van der Waals surface area contributed by atoms with Crippen molar-refractivity contribution in [1.82, 2.24) is 9.80 Å².